The Hall–Kier alpha value is -1.55. The Labute approximate surface area is 111 Å². The first-order valence-corrected chi connectivity index (χ1v) is 6.16. The maximum absolute atomic E-state index is 13.5. The van der Waals surface area contributed by atoms with Crippen molar-refractivity contribution in [2.75, 3.05) is 5.32 Å². The minimum absolute atomic E-state index is 0.261. The molecule has 1 aromatic carbocycles. The van der Waals surface area contributed by atoms with Gasteiger partial charge in [0.1, 0.15) is 5.82 Å². The molecule has 1 aromatic heterocycles. The van der Waals surface area contributed by atoms with E-state index < -0.39 is 0 Å². The highest BCUT2D eigenvalue weighted by atomic mass is 35.5. The van der Waals surface area contributed by atoms with Crippen molar-refractivity contribution in [1.82, 2.24) is 9.78 Å². The van der Waals surface area contributed by atoms with Gasteiger partial charge in [-0.2, -0.15) is 5.10 Å². The molecular weight excluding hydrogens is 253 g/mol. The predicted octanol–water partition coefficient (Wildman–Crippen LogP) is 3.87. The van der Waals surface area contributed by atoms with Crippen LogP contribution in [0.15, 0.2) is 30.6 Å². The first kappa shape index (κ1) is 12.9. The largest absolute Gasteiger partial charge is 0.378 e. The molecule has 0 bridgehead atoms. The van der Waals surface area contributed by atoms with Gasteiger partial charge in [0.05, 0.1) is 11.9 Å². The van der Waals surface area contributed by atoms with Gasteiger partial charge in [-0.05, 0) is 32.0 Å². The molecule has 0 aliphatic heterocycles. The lowest BCUT2D eigenvalue weighted by Crippen LogP contribution is -2.02. The lowest BCUT2D eigenvalue weighted by atomic mass is 10.2. The highest BCUT2D eigenvalue weighted by Gasteiger charge is 2.05. The molecule has 0 unspecified atom stereocenters. The molecule has 18 heavy (non-hydrogen) atoms. The Kier molecular flexibility index (Phi) is 3.87. The van der Waals surface area contributed by atoms with E-state index in [0.29, 0.717) is 23.2 Å². The summed E-state index contributed by atoms with van der Waals surface area (Å²) in [4.78, 5) is 0. The van der Waals surface area contributed by atoms with E-state index in [-0.39, 0.29) is 5.82 Å². The van der Waals surface area contributed by atoms with Crippen molar-refractivity contribution in [2.24, 2.45) is 0 Å². The van der Waals surface area contributed by atoms with Crippen molar-refractivity contribution >= 4 is 17.3 Å². The zero-order valence-electron chi connectivity index (χ0n) is 10.3. The Balaban J connectivity index is 2.04. The monoisotopic (exact) mass is 267 g/mol. The van der Waals surface area contributed by atoms with E-state index in [2.05, 4.69) is 10.4 Å². The van der Waals surface area contributed by atoms with Gasteiger partial charge in [0.15, 0.2) is 0 Å². The van der Waals surface area contributed by atoms with Crippen LogP contribution in [-0.4, -0.2) is 9.78 Å². The van der Waals surface area contributed by atoms with Gasteiger partial charge in [0.2, 0.25) is 0 Å². The van der Waals surface area contributed by atoms with Gasteiger partial charge < -0.3 is 5.32 Å². The molecule has 3 nitrogen and oxygen atoms in total. The van der Waals surface area contributed by atoms with Crippen molar-refractivity contribution in [3.05, 3.63) is 47.0 Å². The van der Waals surface area contributed by atoms with Crippen LogP contribution in [-0.2, 0) is 6.54 Å². The Bertz CT molecular complexity index is 537. The number of nitrogens with one attached hydrogen (secondary N) is 1. The van der Waals surface area contributed by atoms with E-state index in [4.69, 9.17) is 11.6 Å². The van der Waals surface area contributed by atoms with Crippen LogP contribution in [0.3, 0.4) is 0 Å². The van der Waals surface area contributed by atoms with E-state index in [1.165, 1.54) is 12.1 Å². The quantitative estimate of drug-likeness (QED) is 0.911. The molecule has 1 heterocycles. The Morgan fingerprint density at radius 3 is 2.89 bits per heavy atom. The summed E-state index contributed by atoms with van der Waals surface area (Å²) >= 11 is 5.83. The van der Waals surface area contributed by atoms with E-state index >= 15 is 0 Å². The topological polar surface area (TPSA) is 29.9 Å². The summed E-state index contributed by atoms with van der Waals surface area (Å²) in [6.07, 6.45) is 3.62. The van der Waals surface area contributed by atoms with Crippen molar-refractivity contribution in [3.8, 4) is 0 Å². The lowest BCUT2D eigenvalue weighted by molar-refractivity contribution is 0.532. The lowest BCUT2D eigenvalue weighted by Gasteiger charge is -2.06. The molecular formula is C13H15ClFN3. The second-order valence-corrected chi connectivity index (χ2v) is 4.83. The fraction of sp³-hybridized carbons (Fsp3) is 0.308. The fourth-order valence-corrected chi connectivity index (χ4v) is 1.78. The van der Waals surface area contributed by atoms with Crippen LogP contribution in [0.4, 0.5) is 10.1 Å². The van der Waals surface area contributed by atoms with Gasteiger partial charge in [-0.15, -0.1) is 0 Å². The third-order valence-electron chi connectivity index (χ3n) is 2.62. The number of hydrogen-bond acceptors (Lipinski definition) is 2. The van der Waals surface area contributed by atoms with Crippen molar-refractivity contribution in [3.63, 3.8) is 0 Å². The zero-order valence-corrected chi connectivity index (χ0v) is 11.1. The minimum atomic E-state index is -0.261. The molecule has 96 valence electrons. The van der Waals surface area contributed by atoms with Crippen LogP contribution < -0.4 is 5.32 Å². The molecule has 1 N–H and O–H groups in total. The minimum Gasteiger partial charge on any atom is -0.378 e. The molecule has 0 atom stereocenters. The zero-order chi connectivity index (χ0) is 13.1. The standard InChI is InChI=1S/C13H15ClFN3/c1-9(2)18-8-12(7-17-18)16-6-10-5-11(14)3-4-13(10)15/h3-5,7-9,16H,6H2,1-2H3. The van der Waals surface area contributed by atoms with E-state index in [0.717, 1.165) is 5.69 Å². The molecule has 0 saturated heterocycles. The molecule has 2 aromatic rings. The summed E-state index contributed by atoms with van der Waals surface area (Å²) in [5.74, 6) is -0.261. The van der Waals surface area contributed by atoms with Gasteiger partial charge in [-0.25, -0.2) is 4.39 Å². The molecule has 0 spiro atoms. The summed E-state index contributed by atoms with van der Waals surface area (Å²) in [5, 5.41) is 7.86. The van der Waals surface area contributed by atoms with Crippen LogP contribution >= 0.6 is 11.6 Å². The fourth-order valence-electron chi connectivity index (χ4n) is 1.59. The number of aromatic nitrogens is 2. The molecule has 0 fully saturated rings. The van der Waals surface area contributed by atoms with Crippen molar-refractivity contribution in [1.29, 1.82) is 0 Å². The SMILES string of the molecule is CC(C)n1cc(NCc2cc(Cl)ccc2F)cn1. The number of hydrogen-bond donors (Lipinski definition) is 1. The molecule has 2 rings (SSSR count). The third-order valence-corrected chi connectivity index (χ3v) is 2.86. The average Bonchev–Trinajstić information content (AvgIpc) is 2.79. The summed E-state index contributed by atoms with van der Waals surface area (Å²) in [7, 11) is 0. The normalized spacial score (nSPS) is 10.9. The van der Waals surface area contributed by atoms with Gasteiger partial charge in [0, 0.05) is 29.4 Å². The smallest absolute Gasteiger partial charge is 0.128 e. The molecule has 5 heteroatoms. The van der Waals surface area contributed by atoms with Crippen molar-refractivity contribution < 1.29 is 4.39 Å². The highest BCUT2D eigenvalue weighted by molar-refractivity contribution is 6.30. The Morgan fingerprint density at radius 1 is 1.44 bits per heavy atom. The van der Waals surface area contributed by atoms with E-state index in [1.807, 2.05) is 24.7 Å². The van der Waals surface area contributed by atoms with Crippen molar-refractivity contribution in [2.45, 2.75) is 26.4 Å². The molecule has 0 amide bonds. The van der Waals surface area contributed by atoms with Gasteiger partial charge in [0.25, 0.3) is 0 Å². The van der Waals surface area contributed by atoms with E-state index in [9.17, 15) is 4.39 Å². The molecule has 0 saturated carbocycles. The van der Waals surface area contributed by atoms with Crippen LogP contribution in [0.2, 0.25) is 5.02 Å². The second-order valence-electron chi connectivity index (χ2n) is 4.39. The summed E-state index contributed by atoms with van der Waals surface area (Å²) in [5.41, 5.74) is 1.41. The predicted molar refractivity (Wildman–Crippen MR) is 71.3 cm³/mol. The average molecular weight is 268 g/mol. The first-order valence-electron chi connectivity index (χ1n) is 5.78. The van der Waals surface area contributed by atoms with Crippen LogP contribution in [0, 0.1) is 5.82 Å². The number of anilines is 1. The maximum atomic E-state index is 13.5. The molecule has 0 aliphatic rings. The number of benzene rings is 1. The molecule has 0 radical (unpaired) electrons. The maximum Gasteiger partial charge on any atom is 0.128 e. The van der Waals surface area contributed by atoms with Crippen LogP contribution in [0.25, 0.3) is 0 Å². The van der Waals surface area contributed by atoms with Gasteiger partial charge in [-0.1, -0.05) is 11.6 Å². The van der Waals surface area contributed by atoms with Gasteiger partial charge in [-0.3, -0.25) is 4.68 Å². The summed E-state index contributed by atoms with van der Waals surface area (Å²) in [6.45, 7) is 4.48. The summed E-state index contributed by atoms with van der Waals surface area (Å²) < 4.78 is 15.3. The Morgan fingerprint density at radius 2 is 2.22 bits per heavy atom. The number of nitrogens with zero attached hydrogens (tertiary/aromatic N) is 2. The third kappa shape index (κ3) is 3.01. The molecule has 0 aliphatic carbocycles. The van der Waals surface area contributed by atoms with Crippen LogP contribution in [0.1, 0.15) is 25.5 Å². The second kappa shape index (κ2) is 5.40. The number of rotatable bonds is 4. The number of halogens is 2. The highest BCUT2D eigenvalue weighted by Crippen LogP contribution is 2.17. The first-order chi connectivity index (χ1) is 8.56. The van der Waals surface area contributed by atoms with Crippen LogP contribution in [0.5, 0.6) is 0 Å². The summed E-state index contributed by atoms with van der Waals surface area (Å²) in [6, 6.07) is 4.84. The van der Waals surface area contributed by atoms with Gasteiger partial charge >= 0.3 is 0 Å². The van der Waals surface area contributed by atoms with E-state index in [1.54, 1.807) is 12.3 Å².